The van der Waals surface area contributed by atoms with Crippen LogP contribution in [-0.2, 0) is 11.3 Å². The molecule has 2 N–H and O–H groups in total. The van der Waals surface area contributed by atoms with Crippen LogP contribution in [-0.4, -0.2) is 74.1 Å². The summed E-state index contributed by atoms with van der Waals surface area (Å²) in [6.07, 6.45) is -0.114. The van der Waals surface area contributed by atoms with Gasteiger partial charge in [0.25, 0.3) is 5.91 Å². The lowest BCUT2D eigenvalue weighted by atomic mass is 10.1. The summed E-state index contributed by atoms with van der Waals surface area (Å²) < 4.78 is 11.8. The summed E-state index contributed by atoms with van der Waals surface area (Å²) in [6.45, 7) is 12.6. The highest BCUT2D eigenvalue weighted by Gasteiger charge is 2.17. The van der Waals surface area contributed by atoms with E-state index in [2.05, 4.69) is 15.5 Å². The molecule has 2 rings (SSSR count). The third kappa shape index (κ3) is 9.51. The number of nitrogens with one attached hydrogen (secondary N) is 2. The second-order valence-electron chi connectivity index (χ2n) is 9.50. The number of likely N-dealkylation sites (N-methyl/N-ethyl adjacent to an activating group) is 2. The van der Waals surface area contributed by atoms with Crippen molar-refractivity contribution in [1.29, 1.82) is 0 Å². The maximum atomic E-state index is 13.2. The fourth-order valence-electron chi connectivity index (χ4n) is 3.55. The van der Waals surface area contributed by atoms with E-state index in [4.69, 9.17) is 9.47 Å². The number of benzene rings is 2. The highest BCUT2D eigenvalue weighted by molar-refractivity contribution is 6.06. The molecular formula is C28H42N4O4. The van der Waals surface area contributed by atoms with Gasteiger partial charge in [0.15, 0.2) is 0 Å². The van der Waals surface area contributed by atoms with Crippen molar-refractivity contribution in [3.8, 4) is 11.5 Å². The number of nitrogens with zero attached hydrogens (tertiary/aromatic N) is 2. The molecule has 8 nitrogen and oxygen atoms in total. The van der Waals surface area contributed by atoms with E-state index in [1.165, 1.54) is 0 Å². The summed E-state index contributed by atoms with van der Waals surface area (Å²) in [4.78, 5) is 29.6. The van der Waals surface area contributed by atoms with Gasteiger partial charge in [0.2, 0.25) is 5.91 Å². The highest BCUT2D eigenvalue weighted by Crippen LogP contribution is 2.36. The topological polar surface area (TPSA) is 83.1 Å². The SMILES string of the molecule is CCN(CCN(C)C)C(=O)CNCc1cccc(C(=O)Nc2c(OC(C)C)cccc2OC(C)C)c1. The van der Waals surface area contributed by atoms with Crippen molar-refractivity contribution in [2.45, 2.75) is 53.4 Å². The van der Waals surface area contributed by atoms with Crippen LogP contribution in [0.25, 0.3) is 0 Å². The molecule has 0 unspecified atom stereocenters. The number of ether oxygens (including phenoxy) is 2. The van der Waals surface area contributed by atoms with Crippen LogP contribution in [0.5, 0.6) is 11.5 Å². The summed E-state index contributed by atoms with van der Waals surface area (Å²) in [7, 11) is 3.99. The van der Waals surface area contributed by atoms with Gasteiger partial charge in [0.1, 0.15) is 17.2 Å². The van der Waals surface area contributed by atoms with Gasteiger partial charge >= 0.3 is 0 Å². The minimum absolute atomic E-state index is 0.0569. The summed E-state index contributed by atoms with van der Waals surface area (Å²) in [5, 5.41) is 6.18. The van der Waals surface area contributed by atoms with Crippen LogP contribution in [0.3, 0.4) is 0 Å². The lowest BCUT2D eigenvalue weighted by Gasteiger charge is -2.23. The summed E-state index contributed by atoms with van der Waals surface area (Å²) in [5.74, 6) is 0.917. The molecule has 2 amide bonds. The van der Waals surface area contributed by atoms with Gasteiger partial charge in [-0.1, -0.05) is 18.2 Å². The number of carbonyl (C=O) groups excluding carboxylic acids is 2. The van der Waals surface area contributed by atoms with Crippen molar-refractivity contribution in [1.82, 2.24) is 15.1 Å². The van der Waals surface area contributed by atoms with Crippen LogP contribution >= 0.6 is 0 Å². The average molecular weight is 499 g/mol. The largest absolute Gasteiger partial charge is 0.489 e. The fraction of sp³-hybridized carbons (Fsp3) is 0.500. The molecule has 0 spiro atoms. The lowest BCUT2D eigenvalue weighted by molar-refractivity contribution is -0.130. The molecule has 198 valence electrons. The van der Waals surface area contributed by atoms with Crippen LogP contribution in [0, 0.1) is 0 Å². The number of para-hydroxylation sites is 1. The molecule has 0 heterocycles. The van der Waals surface area contributed by atoms with E-state index < -0.39 is 0 Å². The van der Waals surface area contributed by atoms with Crippen LogP contribution < -0.4 is 20.1 Å². The summed E-state index contributed by atoms with van der Waals surface area (Å²) in [6, 6.07) is 12.8. The van der Waals surface area contributed by atoms with Gasteiger partial charge in [-0.25, -0.2) is 0 Å². The number of rotatable bonds is 14. The van der Waals surface area contributed by atoms with Gasteiger partial charge in [-0.2, -0.15) is 0 Å². The van der Waals surface area contributed by atoms with Crippen LogP contribution in [0.1, 0.15) is 50.5 Å². The Morgan fingerprint density at radius 1 is 0.917 bits per heavy atom. The first-order chi connectivity index (χ1) is 17.1. The molecular weight excluding hydrogens is 456 g/mol. The molecule has 0 saturated heterocycles. The Hall–Kier alpha value is -3.10. The fourth-order valence-corrected chi connectivity index (χ4v) is 3.55. The van der Waals surface area contributed by atoms with Crippen molar-refractivity contribution < 1.29 is 19.1 Å². The van der Waals surface area contributed by atoms with Crippen LogP contribution in [0.15, 0.2) is 42.5 Å². The third-order valence-corrected chi connectivity index (χ3v) is 5.30. The van der Waals surface area contributed by atoms with Gasteiger partial charge in [0, 0.05) is 31.7 Å². The van der Waals surface area contributed by atoms with E-state index in [1.807, 2.05) is 90.0 Å². The zero-order valence-electron chi connectivity index (χ0n) is 22.8. The standard InChI is InChI=1S/C28H42N4O4/c1-8-32(16-15-31(6)7)26(33)19-29-18-22-11-9-12-23(17-22)28(34)30-27-24(35-20(2)3)13-10-14-25(27)36-21(4)5/h9-14,17,20-21,29H,8,15-16,18-19H2,1-7H3,(H,30,34). The summed E-state index contributed by atoms with van der Waals surface area (Å²) in [5.41, 5.74) is 1.94. The first-order valence-electron chi connectivity index (χ1n) is 12.6. The molecule has 8 heteroatoms. The number of hydrogen-bond donors (Lipinski definition) is 2. The van der Waals surface area contributed by atoms with Crippen LogP contribution in [0.4, 0.5) is 5.69 Å². The van der Waals surface area contributed by atoms with Crippen LogP contribution in [0.2, 0.25) is 0 Å². The molecule has 0 aliphatic heterocycles. The maximum Gasteiger partial charge on any atom is 0.255 e. The predicted molar refractivity (Wildman–Crippen MR) is 145 cm³/mol. The van der Waals surface area contributed by atoms with Crippen molar-refractivity contribution in [3.63, 3.8) is 0 Å². The molecule has 0 radical (unpaired) electrons. The zero-order valence-corrected chi connectivity index (χ0v) is 22.8. The lowest BCUT2D eigenvalue weighted by Crippen LogP contribution is -2.41. The Bertz CT molecular complexity index is 963. The maximum absolute atomic E-state index is 13.2. The third-order valence-electron chi connectivity index (χ3n) is 5.30. The molecule has 2 aromatic carbocycles. The first kappa shape index (κ1) is 29.1. The van der Waals surface area contributed by atoms with E-state index >= 15 is 0 Å². The van der Waals surface area contributed by atoms with Gasteiger partial charge in [-0.15, -0.1) is 0 Å². The molecule has 0 atom stereocenters. The Labute approximate surface area is 215 Å². The number of hydrogen-bond acceptors (Lipinski definition) is 6. The normalized spacial score (nSPS) is 11.2. The molecule has 0 fully saturated rings. The monoisotopic (exact) mass is 498 g/mol. The van der Waals surface area contributed by atoms with Gasteiger partial charge < -0.3 is 29.9 Å². The Morgan fingerprint density at radius 2 is 1.53 bits per heavy atom. The Balaban J connectivity index is 2.07. The van der Waals surface area contributed by atoms with E-state index in [0.717, 1.165) is 12.1 Å². The minimum atomic E-state index is -0.262. The number of anilines is 1. The molecule has 0 bridgehead atoms. The van der Waals surface area contributed by atoms with Crippen molar-refractivity contribution in [2.24, 2.45) is 0 Å². The summed E-state index contributed by atoms with van der Waals surface area (Å²) >= 11 is 0. The molecule has 0 aliphatic rings. The zero-order chi connectivity index (χ0) is 26.7. The molecule has 2 aromatic rings. The van der Waals surface area contributed by atoms with Gasteiger partial charge in [-0.3, -0.25) is 9.59 Å². The second-order valence-corrected chi connectivity index (χ2v) is 9.50. The quantitative estimate of drug-likeness (QED) is 0.410. The average Bonchev–Trinajstić information content (AvgIpc) is 2.80. The minimum Gasteiger partial charge on any atom is -0.489 e. The second kappa shape index (κ2) is 14.5. The molecule has 36 heavy (non-hydrogen) atoms. The van der Waals surface area contributed by atoms with E-state index in [-0.39, 0.29) is 30.6 Å². The van der Waals surface area contributed by atoms with Crippen molar-refractivity contribution in [3.05, 3.63) is 53.6 Å². The molecule has 0 aliphatic carbocycles. The van der Waals surface area contributed by atoms with E-state index in [1.54, 1.807) is 6.07 Å². The van der Waals surface area contributed by atoms with Crippen molar-refractivity contribution in [2.75, 3.05) is 45.6 Å². The van der Waals surface area contributed by atoms with E-state index in [9.17, 15) is 9.59 Å². The number of amides is 2. The molecule has 0 aromatic heterocycles. The van der Waals surface area contributed by atoms with Crippen molar-refractivity contribution >= 4 is 17.5 Å². The first-order valence-corrected chi connectivity index (χ1v) is 12.6. The van der Waals surface area contributed by atoms with E-state index in [0.29, 0.717) is 42.4 Å². The van der Waals surface area contributed by atoms with Gasteiger partial charge in [0.05, 0.1) is 18.8 Å². The smallest absolute Gasteiger partial charge is 0.255 e. The predicted octanol–water partition coefficient (Wildman–Crippen LogP) is 4.01. The highest BCUT2D eigenvalue weighted by atomic mass is 16.5. The number of carbonyl (C=O) groups is 2. The Morgan fingerprint density at radius 3 is 2.08 bits per heavy atom. The van der Waals surface area contributed by atoms with Gasteiger partial charge in [-0.05, 0) is 78.5 Å². The Kier molecular flexibility index (Phi) is 11.7. The molecule has 0 saturated carbocycles.